The van der Waals surface area contributed by atoms with E-state index in [1.54, 1.807) is 21.3 Å². The van der Waals surface area contributed by atoms with Crippen molar-refractivity contribution in [1.29, 1.82) is 0 Å². The topological polar surface area (TPSA) is 30.9 Å². The molecule has 0 saturated heterocycles. The first-order valence-corrected chi connectivity index (χ1v) is 15.5. The normalized spacial score (nSPS) is 18.6. The molecule has 43 heavy (non-hydrogen) atoms. The van der Waals surface area contributed by atoms with E-state index in [0.29, 0.717) is 6.61 Å². The number of methoxy groups -OCH3 is 3. The lowest BCUT2D eigenvalue weighted by molar-refractivity contribution is 0.206. The van der Waals surface area contributed by atoms with Crippen molar-refractivity contribution in [2.75, 3.05) is 39.4 Å². The summed E-state index contributed by atoms with van der Waals surface area (Å²) in [4.78, 5) is 2.40. The van der Waals surface area contributed by atoms with Gasteiger partial charge < -0.3 is 19.1 Å². The maximum Gasteiger partial charge on any atom is 0.119 e. The van der Waals surface area contributed by atoms with E-state index in [4.69, 9.17) is 25.8 Å². The van der Waals surface area contributed by atoms with Crippen LogP contribution in [0.3, 0.4) is 0 Å². The van der Waals surface area contributed by atoms with E-state index in [9.17, 15) is 0 Å². The highest BCUT2D eigenvalue weighted by molar-refractivity contribution is 6.32. The minimum atomic E-state index is -0.255. The molecule has 1 heterocycles. The van der Waals surface area contributed by atoms with Gasteiger partial charge in [-0.1, -0.05) is 70.2 Å². The number of anilines is 1. The van der Waals surface area contributed by atoms with Gasteiger partial charge in [-0.25, -0.2) is 0 Å². The third-order valence-corrected chi connectivity index (χ3v) is 9.69. The van der Waals surface area contributed by atoms with Crippen molar-refractivity contribution >= 4 is 17.3 Å². The molecule has 0 unspecified atom stereocenters. The minimum Gasteiger partial charge on any atom is -0.497 e. The van der Waals surface area contributed by atoms with E-state index in [1.807, 2.05) is 6.07 Å². The van der Waals surface area contributed by atoms with Gasteiger partial charge in [0.05, 0.1) is 20.8 Å². The largest absolute Gasteiger partial charge is 0.497 e. The number of nitrogens with zero attached hydrogens (tertiary/aromatic N) is 1. The number of ether oxygens (including phenoxy) is 3. The first-order valence-electron chi connectivity index (χ1n) is 15.1. The van der Waals surface area contributed by atoms with Crippen molar-refractivity contribution in [3.05, 3.63) is 111 Å². The molecule has 1 aliphatic heterocycles. The molecule has 0 amide bonds. The predicted octanol–water partition coefficient (Wildman–Crippen LogP) is 9.64. The molecule has 4 nitrogen and oxygen atoms in total. The Morgan fingerprint density at radius 1 is 1.00 bits per heavy atom. The van der Waals surface area contributed by atoms with Crippen LogP contribution in [0.4, 0.5) is 5.69 Å². The maximum absolute atomic E-state index is 7.09. The summed E-state index contributed by atoms with van der Waals surface area (Å²) < 4.78 is 16.6. The molecule has 230 valence electrons. The Hall–Kier alpha value is -3.21. The SMILES string of the molecule is C=C(/C=C/C1=C(Cl)C(=C/C=C2/N(CCOC)c3c(C)cc(OC)cc3C2(C)C)/CCC1)C(C)(C)c1cc(OC)ccc1C. The van der Waals surface area contributed by atoms with E-state index in [1.165, 1.54) is 39.2 Å². The van der Waals surface area contributed by atoms with E-state index in [0.717, 1.165) is 53.5 Å². The van der Waals surface area contributed by atoms with Gasteiger partial charge in [-0.2, -0.15) is 0 Å². The smallest absolute Gasteiger partial charge is 0.119 e. The van der Waals surface area contributed by atoms with E-state index in [-0.39, 0.29) is 10.8 Å². The highest BCUT2D eigenvalue weighted by Gasteiger charge is 2.41. The van der Waals surface area contributed by atoms with Crippen LogP contribution in [0, 0.1) is 13.8 Å². The molecular weight excluding hydrogens is 554 g/mol. The van der Waals surface area contributed by atoms with Crippen molar-refractivity contribution in [1.82, 2.24) is 0 Å². The molecule has 0 fully saturated rings. The molecule has 2 aliphatic rings. The molecule has 0 aromatic heterocycles. The van der Waals surface area contributed by atoms with Crippen molar-refractivity contribution in [2.45, 2.75) is 71.6 Å². The Labute approximate surface area is 264 Å². The van der Waals surface area contributed by atoms with E-state index >= 15 is 0 Å². The third-order valence-electron chi connectivity index (χ3n) is 9.21. The van der Waals surface area contributed by atoms with Crippen LogP contribution in [0.1, 0.15) is 69.2 Å². The lowest BCUT2D eigenvalue weighted by Gasteiger charge is -2.29. The van der Waals surface area contributed by atoms with Crippen LogP contribution in [0.2, 0.25) is 0 Å². The molecule has 2 aromatic rings. The Morgan fingerprint density at radius 3 is 2.40 bits per heavy atom. The molecule has 2 aromatic carbocycles. The fourth-order valence-corrected chi connectivity index (χ4v) is 6.69. The van der Waals surface area contributed by atoms with Crippen molar-refractivity contribution in [3.63, 3.8) is 0 Å². The average Bonchev–Trinajstić information content (AvgIpc) is 3.20. The highest BCUT2D eigenvalue weighted by Crippen LogP contribution is 2.50. The molecular formula is C38H48ClNO3. The second-order valence-corrected chi connectivity index (χ2v) is 13.1. The van der Waals surface area contributed by atoms with Crippen molar-refractivity contribution < 1.29 is 14.2 Å². The number of allylic oxidation sites excluding steroid dienone is 9. The van der Waals surface area contributed by atoms with Crippen LogP contribution < -0.4 is 14.4 Å². The average molecular weight is 602 g/mol. The van der Waals surface area contributed by atoms with Gasteiger partial charge in [0.2, 0.25) is 0 Å². The molecule has 0 bridgehead atoms. The molecule has 0 N–H and O–H groups in total. The van der Waals surface area contributed by atoms with Crippen LogP contribution in [-0.4, -0.2) is 34.5 Å². The fraction of sp³-hybridized carbons (Fsp3) is 0.421. The molecule has 0 radical (unpaired) electrons. The summed E-state index contributed by atoms with van der Waals surface area (Å²) in [5.41, 5.74) is 10.3. The van der Waals surface area contributed by atoms with Gasteiger partial charge in [0.15, 0.2) is 0 Å². The zero-order chi connectivity index (χ0) is 31.5. The summed E-state index contributed by atoms with van der Waals surface area (Å²) in [6, 6.07) is 10.5. The Kier molecular flexibility index (Phi) is 10.0. The van der Waals surface area contributed by atoms with Gasteiger partial charge in [-0.3, -0.25) is 0 Å². The van der Waals surface area contributed by atoms with Crippen LogP contribution in [0.15, 0.2) is 88.7 Å². The molecule has 0 atom stereocenters. The zero-order valence-electron chi connectivity index (χ0n) is 27.5. The number of fused-ring (bicyclic) bond motifs is 1. The molecule has 0 saturated carbocycles. The molecule has 5 heteroatoms. The highest BCUT2D eigenvalue weighted by atomic mass is 35.5. The third kappa shape index (κ3) is 6.51. The fourth-order valence-electron chi connectivity index (χ4n) is 6.38. The second kappa shape index (κ2) is 13.2. The maximum atomic E-state index is 7.09. The van der Waals surface area contributed by atoms with Gasteiger partial charge in [0, 0.05) is 40.9 Å². The molecule has 0 spiro atoms. The second-order valence-electron chi connectivity index (χ2n) is 12.7. The summed E-state index contributed by atoms with van der Waals surface area (Å²) in [7, 11) is 5.19. The lowest BCUT2D eigenvalue weighted by Crippen LogP contribution is -2.29. The lowest BCUT2D eigenvalue weighted by atomic mass is 9.76. The quantitative estimate of drug-likeness (QED) is 0.254. The molecule has 1 aliphatic carbocycles. The number of rotatable bonds is 10. The van der Waals surface area contributed by atoms with Gasteiger partial charge in [0.1, 0.15) is 11.5 Å². The van der Waals surface area contributed by atoms with Crippen molar-refractivity contribution in [3.8, 4) is 11.5 Å². The van der Waals surface area contributed by atoms with Crippen LogP contribution in [0.5, 0.6) is 11.5 Å². The number of hydrogen-bond acceptors (Lipinski definition) is 4. The monoisotopic (exact) mass is 601 g/mol. The first-order chi connectivity index (χ1) is 20.4. The zero-order valence-corrected chi connectivity index (χ0v) is 28.2. The minimum absolute atomic E-state index is 0.200. The standard InChI is InChI=1S/C38H48ClNO3/c1-25-14-18-30(42-9)23-32(25)37(4,5)27(3)15-16-28-12-11-13-29(35(28)39)17-19-34-38(6,7)33-24-31(43-10)22-26(2)36(33)40(34)20-21-41-8/h14-19,22-24H,3,11-13,20-21H2,1-2,4-10H3/b16-15+,29-17+,34-19+. The number of aryl methyl sites for hydroxylation is 2. The Morgan fingerprint density at radius 2 is 1.72 bits per heavy atom. The Balaban J connectivity index is 1.66. The number of hydrogen-bond donors (Lipinski definition) is 0. The molecule has 4 rings (SSSR count). The van der Waals surface area contributed by atoms with E-state index in [2.05, 4.69) is 102 Å². The predicted molar refractivity (Wildman–Crippen MR) is 182 cm³/mol. The van der Waals surface area contributed by atoms with E-state index < -0.39 is 0 Å². The van der Waals surface area contributed by atoms with Crippen LogP contribution in [-0.2, 0) is 15.6 Å². The van der Waals surface area contributed by atoms with Gasteiger partial charge in [-0.15, -0.1) is 0 Å². The van der Waals surface area contributed by atoms with Gasteiger partial charge in [0.25, 0.3) is 0 Å². The van der Waals surface area contributed by atoms with Gasteiger partial charge in [-0.05, 0) is 102 Å². The van der Waals surface area contributed by atoms with Crippen LogP contribution in [0.25, 0.3) is 0 Å². The summed E-state index contributed by atoms with van der Waals surface area (Å²) in [6.07, 6.45) is 11.7. The number of benzene rings is 2. The van der Waals surface area contributed by atoms with Crippen molar-refractivity contribution in [2.24, 2.45) is 0 Å². The van der Waals surface area contributed by atoms with Crippen LogP contribution >= 0.6 is 11.6 Å². The first kappa shape index (κ1) is 32.7. The summed E-state index contributed by atoms with van der Waals surface area (Å²) in [6.45, 7) is 19.2. The Bertz CT molecular complexity index is 1510. The van der Waals surface area contributed by atoms with Gasteiger partial charge >= 0.3 is 0 Å². The summed E-state index contributed by atoms with van der Waals surface area (Å²) in [5.74, 6) is 1.74. The summed E-state index contributed by atoms with van der Waals surface area (Å²) >= 11 is 7.09. The summed E-state index contributed by atoms with van der Waals surface area (Å²) in [5, 5.41) is 0.845. The number of halogens is 1.